The molecular formula is C16H28N2O2. The molecule has 0 aromatic heterocycles. The molecule has 1 saturated carbocycles. The van der Waals surface area contributed by atoms with Crippen molar-refractivity contribution in [2.75, 3.05) is 19.6 Å². The molecule has 1 saturated heterocycles. The molecule has 0 unspecified atom stereocenters. The minimum Gasteiger partial charge on any atom is -0.356 e. The van der Waals surface area contributed by atoms with Crippen molar-refractivity contribution in [2.24, 2.45) is 5.41 Å². The van der Waals surface area contributed by atoms with Crippen molar-refractivity contribution in [1.82, 2.24) is 10.2 Å². The maximum atomic E-state index is 11.9. The molecule has 1 N–H and O–H groups in total. The Kier molecular flexibility index (Phi) is 5.44. The van der Waals surface area contributed by atoms with Gasteiger partial charge in [0.25, 0.3) is 0 Å². The molecule has 20 heavy (non-hydrogen) atoms. The predicted octanol–water partition coefficient (Wildman–Crippen LogP) is 2.48. The molecule has 114 valence electrons. The Balaban J connectivity index is 1.59. The average Bonchev–Trinajstić information content (AvgIpc) is 2.86. The van der Waals surface area contributed by atoms with Crippen LogP contribution in [0.25, 0.3) is 0 Å². The molecule has 0 atom stereocenters. The van der Waals surface area contributed by atoms with E-state index in [1.807, 2.05) is 4.90 Å². The summed E-state index contributed by atoms with van der Waals surface area (Å²) < 4.78 is 0. The van der Waals surface area contributed by atoms with Crippen LogP contribution in [0.3, 0.4) is 0 Å². The summed E-state index contributed by atoms with van der Waals surface area (Å²) in [7, 11) is 0. The lowest BCUT2D eigenvalue weighted by Gasteiger charge is -2.27. The zero-order valence-electron chi connectivity index (χ0n) is 12.7. The van der Waals surface area contributed by atoms with Gasteiger partial charge in [0.2, 0.25) is 11.8 Å². The molecule has 1 aliphatic heterocycles. The van der Waals surface area contributed by atoms with Gasteiger partial charge in [0.05, 0.1) is 0 Å². The van der Waals surface area contributed by atoms with Gasteiger partial charge in [0.1, 0.15) is 0 Å². The molecular weight excluding hydrogens is 252 g/mol. The summed E-state index contributed by atoms with van der Waals surface area (Å²) in [5.41, 5.74) is 0.318. The van der Waals surface area contributed by atoms with Crippen LogP contribution in [0, 0.1) is 5.41 Å². The average molecular weight is 280 g/mol. The lowest BCUT2D eigenvalue weighted by Crippen LogP contribution is -2.37. The summed E-state index contributed by atoms with van der Waals surface area (Å²) in [5, 5.41) is 3.07. The minimum atomic E-state index is 0.141. The number of rotatable bonds is 6. The molecule has 2 rings (SSSR count). The number of hydrogen-bond acceptors (Lipinski definition) is 2. The highest BCUT2D eigenvalue weighted by molar-refractivity contribution is 5.77. The lowest BCUT2D eigenvalue weighted by molar-refractivity contribution is -0.133. The van der Waals surface area contributed by atoms with Crippen molar-refractivity contribution >= 4 is 11.8 Å². The van der Waals surface area contributed by atoms with Crippen molar-refractivity contribution in [3.05, 3.63) is 0 Å². The number of nitrogens with one attached hydrogen (secondary N) is 1. The fourth-order valence-electron chi connectivity index (χ4n) is 3.33. The van der Waals surface area contributed by atoms with E-state index < -0.39 is 0 Å². The largest absolute Gasteiger partial charge is 0.356 e. The first-order valence-electron chi connectivity index (χ1n) is 8.14. The van der Waals surface area contributed by atoms with Gasteiger partial charge in [-0.15, -0.1) is 0 Å². The maximum Gasteiger partial charge on any atom is 0.222 e. The summed E-state index contributed by atoms with van der Waals surface area (Å²) in [5.74, 6) is 0.401. The van der Waals surface area contributed by atoms with Crippen molar-refractivity contribution < 1.29 is 9.59 Å². The second-order valence-corrected chi connectivity index (χ2v) is 6.74. The first kappa shape index (κ1) is 15.3. The van der Waals surface area contributed by atoms with Gasteiger partial charge < -0.3 is 10.2 Å². The van der Waals surface area contributed by atoms with Crippen molar-refractivity contribution in [2.45, 2.75) is 64.7 Å². The fraction of sp³-hybridized carbons (Fsp3) is 0.875. The minimum absolute atomic E-state index is 0.141. The van der Waals surface area contributed by atoms with E-state index in [1.165, 1.54) is 25.7 Å². The third kappa shape index (κ3) is 4.50. The van der Waals surface area contributed by atoms with Crippen LogP contribution in [0.4, 0.5) is 0 Å². The molecule has 0 aromatic carbocycles. The Morgan fingerprint density at radius 2 is 2.00 bits per heavy atom. The van der Waals surface area contributed by atoms with Crippen molar-refractivity contribution in [3.8, 4) is 0 Å². The molecule has 4 heteroatoms. The molecule has 2 fully saturated rings. The third-order valence-corrected chi connectivity index (χ3v) is 4.78. The Hall–Kier alpha value is -1.06. The van der Waals surface area contributed by atoms with Gasteiger partial charge >= 0.3 is 0 Å². The van der Waals surface area contributed by atoms with E-state index in [0.717, 1.165) is 38.9 Å². The zero-order valence-corrected chi connectivity index (χ0v) is 12.7. The Morgan fingerprint density at radius 1 is 1.25 bits per heavy atom. The number of amides is 2. The maximum absolute atomic E-state index is 11.9. The van der Waals surface area contributed by atoms with Gasteiger partial charge in [0, 0.05) is 32.5 Å². The van der Waals surface area contributed by atoms with Crippen LogP contribution in [0.15, 0.2) is 0 Å². The van der Waals surface area contributed by atoms with E-state index in [4.69, 9.17) is 0 Å². The van der Waals surface area contributed by atoms with E-state index >= 15 is 0 Å². The molecule has 0 radical (unpaired) electrons. The fourth-order valence-corrected chi connectivity index (χ4v) is 3.33. The molecule has 1 aliphatic carbocycles. The predicted molar refractivity (Wildman–Crippen MR) is 79.2 cm³/mol. The van der Waals surface area contributed by atoms with Gasteiger partial charge in [-0.1, -0.05) is 19.8 Å². The van der Waals surface area contributed by atoms with Crippen LogP contribution in [-0.2, 0) is 9.59 Å². The quantitative estimate of drug-likeness (QED) is 0.812. The van der Waals surface area contributed by atoms with Gasteiger partial charge in [0.15, 0.2) is 0 Å². The molecule has 2 aliphatic rings. The van der Waals surface area contributed by atoms with Gasteiger partial charge in [-0.25, -0.2) is 0 Å². The highest BCUT2D eigenvalue weighted by Gasteiger charge is 2.28. The van der Waals surface area contributed by atoms with E-state index in [-0.39, 0.29) is 11.8 Å². The van der Waals surface area contributed by atoms with Gasteiger partial charge in [-0.05, 0) is 37.5 Å². The number of nitrogens with zero attached hydrogens (tertiary/aromatic N) is 1. The number of likely N-dealkylation sites (tertiary alicyclic amines) is 1. The van der Waals surface area contributed by atoms with Gasteiger partial charge in [-0.3, -0.25) is 9.59 Å². The van der Waals surface area contributed by atoms with Crippen molar-refractivity contribution in [3.63, 3.8) is 0 Å². The van der Waals surface area contributed by atoms with E-state index in [1.54, 1.807) is 0 Å². The normalized spacial score (nSPS) is 22.1. The number of hydrogen-bond donors (Lipinski definition) is 1. The summed E-state index contributed by atoms with van der Waals surface area (Å²) in [4.78, 5) is 25.4. The highest BCUT2D eigenvalue weighted by atomic mass is 16.2. The molecule has 4 nitrogen and oxygen atoms in total. The number of piperidine rings is 1. The third-order valence-electron chi connectivity index (χ3n) is 4.78. The highest BCUT2D eigenvalue weighted by Crippen LogP contribution is 2.36. The van der Waals surface area contributed by atoms with Crippen molar-refractivity contribution in [1.29, 1.82) is 0 Å². The first-order chi connectivity index (χ1) is 9.59. The zero-order chi connectivity index (χ0) is 14.4. The van der Waals surface area contributed by atoms with E-state index in [9.17, 15) is 9.59 Å². The Bertz CT molecular complexity index is 348. The summed E-state index contributed by atoms with van der Waals surface area (Å²) in [6.07, 6.45) is 9.20. The Labute approximate surface area is 122 Å². The molecule has 1 heterocycles. The molecule has 0 aromatic rings. The molecule has 0 spiro atoms. The van der Waals surface area contributed by atoms with Crippen LogP contribution in [0.2, 0.25) is 0 Å². The number of carbonyl (C=O) groups excluding carboxylic acids is 2. The Morgan fingerprint density at radius 3 is 2.70 bits per heavy atom. The second-order valence-electron chi connectivity index (χ2n) is 6.74. The number of carbonyl (C=O) groups is 2. The standard InChI is InChI=1S/C16H28N2O2/c1-16(9-3-4-10-16)13-17-14(19)7-6-12-18-11-5-2-8-15(18)20/h2-13H2,1H3,(H,17,19). The molecule has 2 amide bonds. The lowest BCUT2D eigenvalue weighted by atomic mass is 9.89. The SMILES string of the molecule is CC1(CNC(=O)CCCN2CCCCC2=O)CCCC1. The van der Waals surface area contributed by atoms with Crippen LogP contribution >= 0.6 is 0 Å². The molecule has 0 bridgehead atoms. The van der Waals surface area contributed by atoms with Gasteiger partial charge in [-0.2, -0.15) is 0 Å². The summed E-state index contributed by atoms with van der Waals surface area (Å²) >= 11 is 0. The van der Waals surface area contributed by atoms with Crippen LogP contribution < -0.4 is 5.32 Å². The van der Waals surface area contributed by atoms with Crippen LogP contribution in [0.5, 0.6) is 0 Å². The second kappa shape index (κ2) is 7.09. The van der Waals surface area contributed by atoms with E-state index in [2.05, 4.69) is 12.2 Å². The van der Waals surface area contributed by atoms with Crippen LogP contribution in [-0.4, -0.2) is 36.3 Å². The smallest absolute Gasteiger partial charge is 0.222 e. The summed E-state index contributed by atoms with van der Waals surface area (Å²) in [6.45, 7) is 4.70. The summed E-state index contributed by atoms with van der Waals surface area (Å²) in [6, 6.07) is 0. The monoisotopic (exact) mass is 280 g/mol. The van der Waals surface area contributed by atoms with Crippen LogP contribution in [0.1, 0.15) is 64.7 Å². The topological polar surface area (TPSA) is 49.4 Å². The first-order valence-corrected chi connectivity index (χ1v) is 8.14. The van der Waals surface area contributed by atoms with E-state index in [0.29, 0.717) is 18.3 Å².